The Morgan fingerprint density at radius 1 is 0.903 bits per heavy atom. The quantitative estimate of drug-likeness (QED) is 0.541. The summed E-state index contributed by atoms with van der Waals surface area (Å²) >= 11 is 0. The zero-order chi connectivity index (χ0) is 21.4. The predicted molar refractivity (Wildman–Crippen MR) is 126 cm³/mol. The van der Waals surface area contributed by atoms with Gasteiger partial charge in [-0.1, -0.05) is 65.3 Å². The lowest BCUT2D eigenvalue weighted by Gasteiger charge is -2.38. The highest BCUT2D eigenvalue weighted by Gasteiger charge is 2.51. The van der Waals surface area contributed by atoms with Crippen LogP contribution < -0.4 is 0 Å². The summed E-state index contributed by atoms with van der Waals surface area (Å²) in [6.45, 7) is 12.4. The van der Waals surface area contributed by atoms with Crippen molar-refractivity contribution in [3.8, 4) is 22.4 Å². The Morgan fingerprint density at radius 2 is 1.58 bits per heavy atom. The Hall–Kier alpha value is -2.43. The van der Waals surface area contributed by atoms with Gasteiger partial charge in [0.1, 0.15) is 5.69 Å². The molecule has 0 N–H and O–H groups in total. The van der Waals surface area contributed by atoms with Gasteiger partial charge in [-0.3, -0.25) is 9.80 Å². The summed E-state index contributed by atoms with van der Waals surface area (Å²) in [6, 6.07) is 19.9. The second-order valence-electron chi connectivity index (χ2n) is 9.65. The molecule has 1 aromatic heterocycles. The van der Waals surface area contributed by atoms with Crippen LogP contribution in [-0.4, -0.2) is 53.7 Å². The highest BCUT2D eigenvalue weighted by Crippen LogP contribution is 2.53. The summed E-state index contributed by atoms with van der Waals surface area (Å²) in [5, 5.41) is 4.63. The van der Waals surface area contributed by atoms with Gasteiger partial charge in [0.25, 0.3) is 0 Å². The SMILES string of the molecule is Cc1ccc(-c2noc(C3(CN4CCN(C(C)C)CC4)CC3)c2-c2ccccc2)cc1. The molecule has 5 rings (SSSR count). The average molecular weight is 416 g/mol. The normalized spacial score (nSPS) is 19.1. The first kappa shape index (κ1) is 20.5. The Labute approximate surface area is 185 Å². The van der Waals surface area contributed by atoms with Gasteiger partial charge in [-0.25, -0.2) is 0 Å². The van der Waals surface area contributed by atoms with Crippen molar-refractivity contribution >= 4 is 0 Å². The second kappa shape index (κ2) is 8.25. The lowest BCUT2D eigenvalue weighted by Crippen LogP contribution is -2.50. The van der Waals surface area contributed by atoms with Crippen LogP contribution >= 0.6 is 0 Å². The summed E-state index contributed by atoms with van der Waals surface area (Å²) in [6.07, 6.45) is 2.36. The number of aromatic nitrogens is 1. The zero-order valence-electron chi connectivity index (χ0n) is 19.0. The molecule has 0 spiro atoms. The third kappa shape index (κ3) is 4.07. The van der Waals surface area contributed by atoms with E-state index in [9.17, 15) is 0 Å². The molecular formula is C27H33N3O. The first-order valence-corrected chi connectivity index (χ1v) is 11.6. The van der Waals surface area contributed by atoms with Gasteiger partial charge in [0.2, 0.25) is 0 Å². The predicted octanol–water partition coefficient (Wildman–Crippen LogP) is 5.37. The number of nitrogens with zero attached hydrogens (tertiary/aromatic N) is 3. The Balaban J connectivity index is 1.47. The minimum Gasteiger partial charge on any atom is -0.359 e. The van der Waals surface area contributed by atoms with Crippen LogP contribution in [0, 0.1) is 6.92 Å². The summed E-state index contributed by atoms with van der Waals surface area (Å²) in [4.78, 5) is 5.21. The van der Waals surface area contributed by atoms with Crippen molar-refractivity contribution in [3.05, 3.63) is 65.9 Å². The molecule has 4 heteroatoms. The number of benzene rings is 2. The van der Waals surface area contributed by atoms with Gasteiger partial charge in [-0.15, -0.1) is 0 Å². The molecule has 2 aliphatic rings. The van der Waals surface area contributed by atoms with Gasteiger partial charge in [0, 0.05) is 49.7 Å². The minimum atomic E-state index is 0.0983. The van der Waals surface area contributed by atoms with Gasteiger partial charge >= 0.3 is 0 Å². The van der Waals surface area contributed by atoms with Crippen molar-refractivity contribution in [2.75, 3.05) is 32.7 Å². The van der Waals surface area contributed by atoms with E-state index < -0.39 is 0 Å². The van der Waals surface area contributed by atoms with E-state index in [4.69, 9.17) is 4.52 Å². The lowest BCUT2D eigenvalue weighted by molar-refractivity contribution is 0.0988. The van der Waals surface area contributed by atoms with Crippen molar-refractivity contribution in [2.45, 2.75) is 45.1 Å². The molecule has 4 nitrogen and oxygen atoms in total. The van der Waals surface area contributed by atoms with Crippen LogP contribution in [0.15, 0.2) is 59.1 Å². The van der Waals surface area contributed by atoms with E-state index in [1.807, 2.05) is 0 Å². The zero-order valence-corrected chi connectivity index (χ0v) is 19.0. The number of rotatable bonds is 6. The van der Waals surface area contributed by atoms with Gasteiger partial charge < -0.3 is 4.52 Å². The van der Waals surface area contributed by atoms with Crippen LogP contribution in [0.25, 0.3) is 22.4 Å². The van der Waals surface area contributed by atoms with Crippen LogP contribution in [0.2, 0.25) is 0 Å². The number of piperazine rings is 1. The molecule has 0 unspecified atom stereocenters. The van der Waals surface area contributed by atoms with E-state index in [2.05, 4.69) is 90.3 Å². The Morgan fingerprint density at radius 3 is 2.19 bits per heavy atom. The van der Waals surface area contributed by atoms with E-state index in [1.54, 1.807) is 0 Å². The smallest absolute Gasteiger partial charge is 0.152 e. The summed E-state index contributed by atoms with van der Waals surface area (Å²) < 4.78 is 6.18. The Kier molecular flexibility index (Phi) is 5.45. The fourth-order valence-corrected chi connectivity index (χ4v) is 4.91. The summed E-state index contributed by atoms with van der Waals surface area (Å²) in [5.41, 5.74) is 5.83. The van der Waals surface area contributed by atoms with Crippen molar-refractivity contribution < 1.29 is 4.52 Å². The molecule has 1 aliphatic carbocycles. The second-order valence-corrected chi connectivity index (χ2v) is 9.65. The topological polar surface area (TPSA) is 32.5 Å². The van der Waals surface area contributed by atoms with E-state index in [0.717, 1.165) is 49.7 Å². The monoisotopic (exact) mass is 415 g/mol. The van der Waals surface area contributed by atoms with Gasteiger partial charge in [-0.2, -0.15) is 0 Å². The molecule has 3 aromatic rings. The van der Waals surface area contributed by atoms with E-state index in [-0.39, 0.29) is 5.41 Å². The molecular weight excluding hydrogens is 382 g/mol. The molecule has 1 aliphatic heterocycles. The van der Waals surface area contributed by atoms with Crippen molar-refractivity contribution in [1.82, 2.24) is 15.0 Å². The van der Waals surface area contributed by atoms with E-state index in [0.29, 0.717) is 6.04 Å². The minimum absolute atomic E-state index is 0.0983. The van der Waals surface area contributed by atoms with Gasteiger partial charge in [-0.05, 0) is 39.2 Å². The maximum Gasteiger partial charge on any atom is 0.152 e. The van der Waals surface area contributed by atoms with E-state index in [1.165, 1.54) is 29.5 Å². The Bertz CT molecular complexity index is 1010. The van der Waals surface area contributed by atoms with Crippen LogP contribution in [0.4, 0.5) is 0 Å². The van der Waals surface area contributed by atoms with Gasteiger partial charge in [0.15, 0.2) is 5.76 Å². The van der Waals surface area contributed by atoms with Crippen LogP contribution in [0.5, 0.6) is 0 Å². The van der Waals surface area contributed by atoms with Crippen molar-refractivity contribution in [2.24, 2.45) is 0 Å². The fraction of sp³-hybridized carbons (Fsp3) is 0.444. The van der Waals surface area contributed by atoms with Crippen LogP contribution in [0.1, 0.15) is 38.0 Å². The highest BCUT2D eigenvalue weighted by molar-refractivity contribution is 5.83. The molecule has 2 aromatic carbocycles. The molecule has 0 amide bonds. The molecule has 1 saturated carbocycles. The summed E-state index contributed by atoms with van der Waals surface area (Å²) in [5.74, 6) is 1.08. The number of hydrogen-bond donors (Lipinski definition) is 0. The third-order valence-corrected chi connectivity index (χ3v) is 7.08. The standard InChI is InChI=1S/C27H33N3O/c1-20(2)30-17-15-29(16-18-30)19-27(13-14-27)26-24(22-7-5-4-6-8-22)25(28-31-26)23-11-9-21(3)10-12-23/h4-12,20H,13-19H2,1-3H3. The molecule has 1 saturated heterocycles. The van der Waals surface area contributed by atoms with Gasteiger partial charge in [0.05, 0.1) is 5.56 Å². The van der Waals surface area contributed by atoms with Crippen LogP contribution in [-0.2, 0) is 5.41 Å². The number of hydrogen-bond acceptors (Lipinski definition) is 4. The maximum atomic E-state index is 6.18. The largest absolute Gasteiger partial charge is 0.359 e. The maximum absolute atomic E-state index is 6.18. The average Bonchev–Trinajstić information content (AvgIpc) is 3.42. The fourth-order valence-electron chi connectivity index (χ4n) is 4.91. The molecule has 2 fully saturated rings. The first-order chi connectivity index (χ1) is 15.1. The molecule has 0 radical (unpaired) electrons. The molecule has 162 valence electrons. The van der Waals surface area contributed by atoms with Crippen molar-refractivity contribution in [1.29, 1.82) is 0 Å². The lowest BCUT2D eigenvalue weighted by atomic mass is 9.91. The molecule has 31 heavy (non-hydrogen) atoms. The molecule has 0 atom stereocenters. The molecule has 2 heterocycles. The molecule has 0 bridgehead atoms. The highest BCUT2D eigenvalue weighted by atomic mass is 16.5. The van der Waals surface area contributed by atoms with Crippen LogP contribution in [0.3, 0.4) is 0 Å². The first-order valence-electron chi connectivity index (χ1n) is 11.6. The summed E-state index contributed by atoms with van der Waals surface area (Å²) in [7, 11) is 0. The van der Waals surface area contributed by atoms with E-state index >= 15 is 0 Å². The van der Waals surface area contributed by atoms with Crippen molar-refractivity contribution in [3.63, 3.8) is 0 Å². The third-order valence-electron chi connectivity index (χ3n) is 7.08. The number of aryl methyl sites for hydroxylation is 1.